The molecular formula is C7H14N2O. The van der Waals surface area contributed by atoms with E-state index in [4.69, 9.17) is 4.74 Å². The Hall–Kier alpha value is -0.120. The van der Waals surface area contributed by atoms with Crippen molar-refractivity contribution < 1.29 is 4.74 Å². The second-order valence-electron chi connectivity index (χ2n) is 3.24. The number of nitrogens with zero attached hydrogens (tertiary/aromatic N) is 1. The quantitative estimate of drug-likeness (QED) is 0.493. The van der Waals surface area contributed by atoms with Gasteiger partial charge in [0.25, 0.3) is 0 Å². The largest absolute Gasteiger partial charge is 0.366 e. The molecule has 0 aromatic rings. The third-order valence-electron chi connectivity index (χ3n) is 2.50. The molecule has 2 atom stereocenters. The molecule has 0 aromatic carbocycles. The van der Waals surface area contributed by atoms with E-state index in [9.17, 15) is 0 Å². The minimum absolute atomic E-state index is 0.730. The minimum atomic E-state index is 0.730. The molecule has 0 aromatic heterocycles. The van der Waals surface area contributed by atoms with Gasteiger partial charge in [-0.2, -0.15) is 0 Å². The highest BCUT2D eigenvalue weighted by Crippen LogP contribution is 2.18. The molecular weight excluding hydrogens is 128 g/mol. The summed E-state index contributed by atoms with van der Waals surface area (Å²) in [6.07, 6.45) is 0. The Labute approximate surface area is 61.3 Å². The maximum Gasteiger partial charge on any atom is 0.0990 e. The van der Waals surface area contributed by atoms with Gasteiger partial charge in [-0.1, -0.05) is 0 Å². The van der Waals surface area contributed by atoms with Crippen LogP contribution in [0.2, 0.25) is 0 Å². The molecule has 3 nitrogen and oxygen atoms in total. The molecule has 2 fully saturated rings. The van der Waals surface area contributed by atoms with Crippen LogP contribution in [0.15, 0.2) is 0 Å². The molecule has 10 heavy (non-hydrogen) atoms. The third-order valence-corrected chi connectivity index (χ3v) is 2.50. The van der Waals surface area contributed by atoms with Gasteiger partial charge in [-0.3, -0.25) is 4.90 Å². The van der Waals surface area contributed by atoms with Gasteiger partial charge < -0.3 is 10.1 Å². The van der Waals surface area contributed by atoms with E-state index in [1.807, 2.05) is 0 Å². The van der Waals surface area contributed by atoms with Crippen molar-refractivity contribution >= 4 is 0 Å². The zero-order valence-electron chi connectivity index (χ0n) is 6.34. The normalized spacial score (nSPS) is 41.7. The fourth-order valence-corrected chi connectivity index (χ4v) is 1.85. The average molecular weight is 142 g/mol. The zero-order valence-corrected chi connectivity index (χ0v) is 6.34. The average Bonchev–Trinajstić information content (AvgIpc) is 2.36. The van der Waals surface area contributed by atoms with Crippen LogP contribution in [0.5, 0.6) is 0 Å². The van der Waals surface area contributed by atoms with Crippen LogP contribution in [-0.4, -0.2) is 44.4 Å². The number of hydrogen-bond donors (Lipinski definition) is 1. The standard InChI is InChI=1S/C7H14N2O/c1-9-5-10-4-6-2-8-3-7(6)9/h6-8H,2-5H2,1H3. The van der Waals surface area contributed by atoms with E-state index in [1.54, 1.807) is 0 Å². The predicted octanol–water partition coefficient (Wildman–Crippen LogP) is -0.506. The van der Waals surface area contributed by atoms with E-state index in [1.165, 1.54) is 0 Å². The molecule has 0 amide bonds. The van der Waals surface area contributed by atoms with Crippen LogP contribution in [-0.2, 0) is 4.74 Å². The number of nitrogens with one attached hydrogen (secondary N) is 1. The zero-order chi connectivity index (χ0) is 6.97. The smallest absolute Gasteiger partial charge is 0.0990 e. The molecule has 1 N–H and O–H groups in total. The fourth-order valence-electron chi connectivity index (χ4n) is 1.85. The lowest BCUT2D eigenvalue weighted by Gasteiger charge is -2.33. The van der Waals surface area contributed by atoms with Gasteiger partial charge in [-0.05, 0) is 7.05 Å². The SMILES string of the molecule is CN1COCC2CNCC21. The molecule has 58 valence electrons. The lowest BCUT2D eigenvalue weighted by molar-refractivity contribution is -0.0532. The van der Waals surface area contributed by atoms with Crippen molar-refractivity contribution in [3.05, 3.63) is 0 Å². The van der Waals surface area contributed by atoms with Crippen LogP contribution in [0.1, 0.15) is 0 Å². The molecule has 2 saturated heterocycles. The van der Waals surface area contributed by atoms with Gasteiger partial charge in [-0.25, -0.2) is 0 Å². The number of likely N-dealkylation sites (N-methyl/N-ethyl adjacent to an activating group) is 1. The van der Waals surface area contributed by atoms with Crippen molar-refractivity contribution in [2.75, 3.05) is 33.5 Å². The summed E-state index contributed by atoms with van der Waals surface area (Å²) in [7, 11) is 2.13. The Morgan fingerprint density at radius 2 is 2.40 bits per heavy atom. The van der Waals surface area contributed by atoms with Gasteiger partial charge in [0.2, 0.25) is 0 Å². The molecule has 0 saturated carbocycles. The van der Waals surface area contributed by atoms with Crippen molar-refractivity contribution in [3.63, 3.8) is 0 Å². The van der Waals surface area contributed by atoms with Crippen LogP contribution in [0.4, 0.5) is 0 Å². The van der Waals surface area contributed by atoms with E-state index < -0.39 is 0 Å². The molecule has 2 rings (SSSR count). The number of ether oxygens (including phenoxy) is 1. The topological polar surface area (TPSA) is 24.5 Å². The molecule has 2 heterocycles. The van der Waals surface area contributed by atoms with Crippen molar-refractivity contribution in [2.24, 2.45) is 5.92 Å². The maximum absolute atomic E-state index is 5.38. The highest BCUT2D eigenvalue weighted by Gasteiger charge is 2.33. The summed E-state index contributed by atoms with van der Waals surface area (Å²) in [6.45, 7) is 4.03. The van der Waals surface area contributed by atoms with Crippen LogP contribution >= 0.6 is 0 Å². The van der Waals surface area contributed by atoms with Crippen molar-refractivity contribution in [1.29, 1.82) is 0 Å². The number of fused-ring (bicyclic) bond motifs is 1. The van der Waals surface area contributed by atoms with Gasteiger partial charge in [0.1, 0.15) is 0 Å². The summed E-state index contributed by atoms with van der Waals surface area (Å²) in [6, 6.07) is 0.730. The van der Waals surface area contributed by atoms with Crippen LogP contribution in [0, 0.1) is 5.92 Å². The molecule has 0 aliphatic carbocycles. The first kappa shape index (κ1) is 6.58. The third kappa shape index (κ3) is 0.944. The van der Waals surface area contributed by atoms with Crippen LogP contribution in [0.3, 0.4) is 0 Å². The second-order valence-corrected chi connectivity index (χ2v) is 3.24. The lowest BCUT2D eigenvalue weighted by Crippen LogP contribution is -2.45. The fraction of sp³-hybridized carbons (Fsp3) is 1.00. The van der Waals surface area contributed by atoms with Gasteiger partial charge in [0.05, 0.1) is 13.3 Å². The van der Waals surface area contributed by atoms with E-state index >= 15 is 0 Å². The second kappa shape index (κ2) is 2.49. The van der Waals surface area contributed by atoms with Gasteiger partial charge >= 0.3 is 0 Å². The summed E-state index contributed by atoms with van der Waals surface area (Å²) >= 11 is 0. The lowest BCUT2D eigenvalue weighted by atomic mass is 10.0. The van der Waals surface area contributed by atoms with Gasteiger partial charge in [0.15, 0.2) is 0 Å². The first-order valence-electron chi connectivity index (χ1n) is 3.86. The Morgan fingerprint density at radius 3 is 3.20 bits per heavy atom. The molecule has 0 bridgehead atoms. The Bertz CT molecular complexity index is 129. The van der Waals surface area contributed by atoms with Crippen molar-refractivity contribution in [3.8, 4) is 0 Å². The van der Waals surface area contributed by atoms with Gasteiger partial charge in [0, 0.05) is 25.0 Å². The first-order chi connectivity index (χ1) is 4.88. The molecule has 0 radical (unpaired) electrons. The highest BCUT2D eigenvalue weighted by atomic mass is 16.5. The summed E-state index contributed by atoms with van der Waals surface area (Å²) in [5.74, 6) is 0.735. The Kier molecular flexibility index (Phi) is 1.64. The first-order valence-corrected chi connectivity index (χ1v) is 3.86. The molecule has 2 unspecified atom stereocenters. The van der Waals surface area contributed by atoms with E-state index in [-0.39, 0.29) is 0 Å². The highest BCUT2D eigenvalue weighted by molar-refractivity contribution is 4.88. The van der Waals surface area contributed by atoms with Crippen LogP contribution < -0.4 is 5.32 Å². The molecule has 2 aliphatic heterocycles. The summed E-state index contributed by atoms with van der Waals surface area (Å²) < 4.78 is 5.38. The molecule has 0 spiro atoms. The summed E-state index contributed by atoms with van der Waals surface area (Å²) in [4.78, 5) is 2.29. The monoisotopic (exact) mass is 142 g/mol. The van der Waals surface area contributed by atoms with Crippen LogP contribution in [0.25, 0.3) is 0 Å². The Balaban J connectivity index is 2.03. The van der Waals surface area contributed by atoms with Crippen molar-refractivity contribution in [1.82, 2.24) is 10.2 Å². The van der Waals surface area contributed by atoms with E-state index in [0.717, 1.165) is 38.4 Å². The Morgan fingerprint density at radius 1 is 1.50 bits per heavy atom. The molecule has 3 heteroatoms. The minimum Gasteiger partial charge on any atom is -0.366 e. The van der Waals surface area contributed by atoms with Crippen molar-refractivity contribution in [2.45, 2.75) is 6.04 Å². The van der Waals surface area contributed by atoms with Gasteiger partial charge in [-0.15, -0.1) is 0 Å². The number of hydrogen-bond acceptors (Lipinski definition) is 3. The molecule has 2 aliphatic rings. The van der Waals surface area contributed by atoms with E-state index in [0.29, 0.717) is 0 Å². The summed E-state index contributed by atoms with van der Waals surface area (Å²) in [5, 5.41) is 3.37. The predicted molar refractivity (Wildman–Crippen MR) is 38.7 cm³/mol. The van der Waals surface area contributed by atoms with E-state index in [2.05, 4.69) is 17.3 Å². The number of rotatable bonds is 0. The summed E-state index contributed by atoms with van der Waals surface area (Å²) in [5.41, 5.74) is 0. The maximum atomic E-state index is 5.38.